The van der Waals surface area contributed by atoms with Gasteiger partial charge in [-0.3, -0.25) is 4.79 Å². The summed E-state index contributed by atoms with van der Waals surface area (Å²) in [5.74, 6) is -0.0683. The minimum absolute atomic E-state index is 0.0683. The van der Waals surface area contributed by atoms with E-state index in [2.05, 4.69) is 10.6 Å². The van der Waals surface area contributed by atoms with Crippen LogP contribution in [0.15, 0.2) is 60.7 Å². The number of amides is 2. The number of rotatable bonds is 7. The van der Waals surface area contributed by atoms with Crippen LogP contribution in [0.1, 0.15) is 51.7 Å². The normalized spacial score (nSPS) is 11.6. The van der Waals surface area contributed by atoms with Crippen LogP contribution in [0.4, 0.5) is 4.79 Å². The summed E-state index contributed by atoms with van der Waals surface area (Å²) in [6.07, 6.45) is 0.377. The molecule has 2 aromatic carbocycles. The molecule has 0 unspecified atom stereocenters. The number of nitrogens with one attached hydrogen (secondary N) is 2. The first kappa shape index (κ1) is 21.5. The van der Waals surface area contributed by atoms with Crippen molar-refractivity contribution < 1.29 is 14.3 Å². The van der Waals surface area contributed by atoms with Gasteiger partial charge in [-0.25, -0.2) is 4.79 Å². The van der Waals surface area contributed by atoms with Crippen molar-refractivity contribution in [1.29, 1.82) is 0 Å². The van der Waals surface area contributed by atoms with E-state index in [1.54, 1.807) is 0 Å². The molecule has 2 amide bonds. The number of carbonyl (C=O) groups is 2. The number of hydrogen-bond donors (Lipinski definition) is 2. The van der Waals surface area contributed by atoms with E-state index >= 15 is 0 Å². The van der Waals surface area contributed by atoms with E-state index in [0.717, 1.165) is 11.1 Å². The average molecular weight is 383 g/mol. The van der Waals surface area contributed by atoms with Crippen LogP contribution in [0.2, 0.25) is 0 Å². The van der Waals surface area contributed by atoms with Gasteiger partial charge < -0.3 is 15.4 Å². The molecular formula is C23H30N2O3. The van der Waals surface area contributed by atoms with Crippen molar-refractivity contribution in [1.82, 2.24) is 10.6 Å². The van der Waals surface area contributed by atoms with Gasteiger partial charge in [0.05, 0.1) is 5.54 Å². The van der Waals surface area contributed by atoms with Crippen molar-refractivity contribution in [2.24, 2.45) is 0 Å². The molecule has 0 radical (unpaired) electrons. The van der Waals surface area contributed by atoms with E-state index in [-0.39, 0.29) is 5.91 Å². The minimum Gasteiger partial charge on any atom is -0.444 e. The first-order chi connectivity index (χ1) is 13.2. The summed E-state index contributed by atoms with van der Waals surface area (Å²) in [7, 11) is 0. The highest BCUT2D eigenvalue weighted by Gasteiger charge is 2.30. The molecule has 0 aliphatic heterocycles. The van der Waals surface area contributed by atoms with Gasteiger partial charge in [-0.1, -0.05) is 60.7 Å². The second-order valence-corrected chi connectivity index (χ2v) is 7.94. The highest BCUT2D eigenvalue weighted by Crippen LogP contribution is 2.29. The third-order valence-corrected chi connectivity index (χ3v) is 4.34. The first-order valence-corrected chi connectivity index (χ1v) is 9.59. The Morgan fingerprint density at radius 3 is 1.82 bits per heavy atom. The average Bonchev–Trinajstić information content (AvgIpc) is 2.65. The predicted molar refractivity (Wildman–Crippen MR) is 111 cm³/mol. The fourth-order valence-corrected chi connectivity index (χ4v) is 2.95. The SMILES string of the molecule is CC(C)(C)OC(=O)NCCCC(=O)NC(C)(c1ccccc1)c1ccccc1. The molecule has 2 N–H and O–H groups in total. The molecule has 0 saturated heterocycles. The van der Waals surface area contributed by atoms with Gasteiger partial charge in [-0.2, -0.15) is 0 Å². The number of ether oxygens (including phenoxy) is 1. The summed E-state index contributed by atoms with van der Waals surface area (Å²) in [4.78, 5) is 24.3. The fraction of sp³-hybridized carbons (Fsp3) is 0.391. The maximum atomic E-state index is 12.6. The molecule has 28 heavy (non-hydrogen) atoms. The van der Waals surface area contributed by atoms with Crippen molar-refractivity contribution in [3.05, 3.63) is 71.8 Å². The summed E-state index contributed by atoms with van der Waals surface area (Å²) in [5.41, 5.74) is 0.871. The lowest BCUT2D eigenvalue weighted by Gasteiger charge is -2.32. The predicted octanol–water partition coefficient (Wildman–Crippen LogP) is 4.37. The van der Waals surface area contributed by atoms with Crippen molar-refractivity contribution in [3.8, 4) is 0 Å². The van der Waals surface area contributed by atoms with Gasteiger partial charge in [0.2, 0.25) is 5.91 Å². The van der Waals surface area contributed by atoms with Gasteiger partial charge >= 0.3 is 6.09 Å². The summed E-state index contributed by atoms with van der Waals surface area (Å²) in [5, 5.41) is 5.85. The molecule has 0 bridgehead atoms. The van der Waals surface area contributed by atoms with Crippen molar-refractivity contribution >= 4 is 12.0 Å². The van der Waals surface area contributed by atoms with Gasteiger partial charge in [0.1, 0.15) is 5.60 Å². The van der Waals surface area contributed by atoms with Crippen LogP contribution in [-0.2, 0) is 15.1 Å². The number of alkyl carbamates (subject to hydrolysis) is 1. The fourth-order valence-electron chi connectivity index (χ4n) is 2.95. The van der Waals surface area contributed by atoms with E-state index in [0.29, 0.717) is 19.4 Å². The highest BCUT2D eigenvalue weighted by molar-refractivity contribution is 5.78. The monoisotopic (exact) mass is 382 g/mol. The largest absolute Gasteiger partial charge is 0.444 e. The summed E-state index contributed by atoms with van der Waals surface area (Å²) < 4.78 is 5.19. The lowest BCUT2D eigenvalue weighted by atomic mass is 9.84. The van der Waals surface area contributed by atoms with Crippen LogP contribution in [0.5, 0.6) is 0 Å². The first-order valence-electron chi connectivity index (χ1n) is 9.59. The van der Waals surface area contributed by atoms with E-state index in [1.165, 1.54) is 0 Å². The van der Waals surface area contributed by atoms with Crippen molar-refractivity contribution in [3.63, 3.8) is 0 Å². The molecule has 2 rings (SSSR count). The summed E-state index contributed by atoms with van der Waals surface area (Å²) in [6, 6.07) is 19.8. The third kappa shape index (κ3) is 6.41. The summed E-state index contributed by atoms with van der Waals surface area (Å²) in [6.45, 7) is 7.83. The van der Waals surface area contributed by atoms with Gasteiger partial charge in [-0.05, 0) is 45.2 Å². The lowest BCUT2D eigenvalue weighted by Crippen LogP contribution is -2.44. The second-order valence-electron chi connectivity index (χ2n) is 7.94. The van der Waals surface area contributed by atoms with Crippen LogP contribution < -0.4 is 10.6 Å². The molecule has 2 aromatic rings. The Hall–Kier alpha value is -2.82. The Morgan fingerprint density at radius 1 is 0.857 bits per heavy atom. The van der Waals surface area contributed by atoms with Gasteiger partial charge in [-0.15, -0.1) is 0 Å². The maximum Gasteiger partial charge on any atom is 0.407 e. The molecule has 0 aliphatic rings. The Labute approximate surface area is 167 Å². The van der Waals surface area contributed by atoms with Crippen LogP contribution in [0.25, 0.3) is 0 Å². The highest BCUT2D eigenvalue weighted by atomic mass is 16.6. The van der Waals surface area contributed by atoms with Crippen molar-refractivity contribution in [2.75, 3.05) is 6.54 Å². The summed E-state index contributed by atoms with van der Waals surface area (Å²) >= 11 is 0. The Balaban J connectivity index is 1.96. The molecule has 0 fully saturated rings. The van der Waals surface area contributed by atoms with Gasteiger partial charge in [0.25, 0.3) is 0 Å². The van der Waals surface area contributed by atoms with Crippen LogP contribution in [-0.4, -0.2) is 24.1 Å². The van der Waals surface area contributed by atoms with Gasteiger partial charge in [0.15, 0.2) is 0 Å². The Kier molecular flexibility index (Phi) is 7.21. The Bertz CT molecular complexity index is 728. The van der Waals surface area contributed by atoms with E-state index in [1.807, 2.05) is 88.4 Å². The molecule has 150 valence electrons. The zero-order chi connectivity index (χ0) is 20.6. The molecule has 0 heterocycles. The molecule has 0 aliphatic carbocycles. The minimum atomic E-state index is -0.627. The van der Waals surface area contributed by atoms with Crippen LogP contribution in [0.3, 0.4) is 0 Å². The molecular weight excluding hydrogens is 352 g/mol. The lowest BCUT2D eigenvalue weighted by molar-refractivity contribution is -0.122. The van der Waals surface area contributed by atoms with Gasteiger partial charge in [0, 0.05) is 13.0 Å². The van der Waals surface area contributed by atoms with Crippen molar-refractivity contribution in [2.45, 2.75) is 51.7 Å². The second kappa shape index (κ2) is 9.40. The number of hydrogen-bond acceptors (Lipinski definition) is 3. The zero-order valence-corrected chi connectivity index (χ0v) is 17.1. The van der Waals surface area contributed by atoms with Crippen LogP contribution >= 0.6 is 0 Å². The topological polar surface area (TPSA) is 67.4 Å². The molecule has 0 atom stereocenters. The smallest absolute Gasteiger partial charge is 0.407 e. The van der Waals surface area contributed by atoms with E-state index in [4.69, 9.17) is 4.74 Å². The zero-order valence-electron chi connectivity index (χ0n) is 17.1. The number of carbonyl (C=O) groups excluding carboxylic acids is 2. The molecule has 0 aromatic heterocycles. The van der Waals surface area contributed by atoms with E-state index in [9.17, 15) is 9.59 Å². The molecule has 0 saturated carbocycles. The van der Waals surface area contributed by atoms with Crippen LogP contribution in [0, 0.1) is 0 Å². The van der Waals surface area contributed by atoms with E-state index < -0.39 is 17.2 Å². The maximum absolute atomic E-state index is 12.6. The number of benzene rings is 2. The standard InChI is InChI=1S/C23H30N2O3/c1-22(2,3)28-21(27)24-17-11-16-20(26)25-23(4,18-12-7-5-8-13-18)19-14-9-6-10-15-19/h5-10,12-15H,11,16-17H2,1-4H3,(H,24,27)(H,25,26). The third-order valence-electron chi connectivity index (χ3n) is 4.34. The molecule has 5 heteroatoms. The quantitative estimate of drug-likeness (QED) is 0.699. The Morgan fingerprint density at radius 2 is 1.36 bits per heavy atom. The molecule has 5 nitrogen and oxygen atoms in total. The molecule has 0 spiro atoms.